The maximum atomic E-state index is 12.4. The highest BCUT2D eigenvalue weighted by Crippen LogP contribution is 2.01. The number of hydrogen-bond donors (Lipinski definition) is 1. The van der Waals surface area contributed by atoms with E-state index in [1.54, 1.807) is 0 Å². The van der Waals surface area contributed by atoms with Crippen LogP contribution in [0.1, 0.15) is 31.9 Å². The molecule has 0 radical (unpaired) electrons. The highest BCUT2D eigenvalue weighted by molar-refractivity contribution is 14.0. The number of halogens is 1. The zero-order valence-electron chi connectivity index (χ0n) is 17.4. The molecule has 1 aromatic rings. The first-order chi connectivity index (χ1) is 12.4. The molecule has 0 aliphatic heterocycles. The molecule has 0 saturated carbocycles. The molecule has 1 rings (SSSR count). The molecule has 1 aromatic heterocycles. The van der Waals surface area contributed by atoms with Gasteiger partial charge in [0.05, 0.1) is 6.54 Å². The van der Waals surface area contributed by atoms with Crippen LogP contribution in [0.25, 0.3) is 0 Å². The number of nitrogens with one attached hydrogen (secondary N) is 1. The molecule has 0 saturated heterocycles. The third-order valence-corrected chi connectivity index (χ3v) is 4.91. The summed E-state index contributed by atoms with van der Waals surface area (Å²) in [4.78, 5) is 20.8. The summed E-state index contributed by atoms with van der Waals surface area (Å²) in [6, 6.07) is 0. The molecular formula is C17H34IN7OS. The minimum Gasteiger partial charge on any atom is -0.356 e. The van der Waals surface area contributed by atoms with E-state index in [4.69, 9.17) is 0 Å². The first-order valence-electron chi connectivity index (χ1n) is 9.05. The summed E-state index contributed by atoms with van der Waals surface area (Å²) in [5.41, 5.74) is 0. The predicted octanol–water partition coefficient (Wildman–Crippen LogP) is 1.74. The van der Waals surface area contributed by atoms with Crippen LogP contribution in [0.3, 0.4) is 0 Å². The van der Waals surface area contributed by atoms with Crippen molar-refractivity contribution in [1.82, 2.24) is 29.9 Å². The fraction of sp³-hybridized carbons (Fsp3) is 0.765. The Kier molecular flexibility index (Phi) is 13.5. The molecule has 0 aliphatic carbocycles. The number of aromatic nitrogens is 3. The van der Waals surface area contributed by atoms with Crippen molar-refractivity contribution >= 4 is 47.6 Å². The van der Waals surface area contributed by atoms with Gasteiger partial charge in [-0.15, -0.1) is 34.2 Å². The van der Waals surface area contributed by atoms with Crippen LogP contribution in [-0.4, -0.2) is 81.7 Å². The fourth-order valence-electron chi connectivity index (χ4n) is 2.42. The number of nitrogens with zero attached hydrogens (tertiary/aromatic N) is 6. The van der Waals surface area contributed by atoms with Crippen molar-refractivity contribution in [3.63, 3.8) is 0 Å². The van der Waals surface area contributed by atoms with Gasteiger partial charge in [0.25, 0.3) is 0 Å². The van der Waals surface area contributed by atoms with E-state index >= 15 is 0 Å². The molecule has 8 nitrogen and oxygen atoms in total. The summed E-state index contributed by atoms with van der Waals surface area (Å²) in [5, 5.41) is 11.6. The number of carbonyl (C=O) groups excluding carboxylic acids is 1. The van der Waals surface area contributed by atoms with Crippen LogP contribution in [0.15, 0.2) is 4.99 Å². The third-order valence-electron chi connectivity index (χ3n) is 4.21. The highest BCUT2D eigenvalue weighted by Gasteiger charge is 2.15. The molecule has 0 atom stereocenters. The van der Waals surface area contributed by atoms with Crippen molar-refractivity contribution < 1.29 is 4.79 Å². The van der Waals surface area contributed by atoms with E-state index in [9.17, 15) is 4.79 Å². The van der Waals surface area contributed by atoms with E-state index in [1.807, 2.05) is 61.0 Å². The summed E-state index contributed by atoms with van der Waals surface area (Å²) < 4.78 is 1.93. The van der Waals surface area contributed by atoms with Gasteiger partial charge in [-0.25, -0.2) is 4.99 Å². The van der Waals surface area contributed by atoms with Gasteiger partial charge in [0.2, 0.25) is 5.91 Å². The van der Waals surface area contributed by atoms with Gasteiger partial charge in [-0.05, 0) is 39.2 Å². The van der Waals surface area contributed by atoms with Crippen LogP contribution in [-0.2, 0) is 18.4 Å². The first kappa shape index (κ1) is 26.0. The molecule has 27 heavy (non-hydrogen) atoms. The Bertz CT molecular complexity index is 590. The predicted molar refractivity (Wildman–Crippen MR) is 124 cm³/mol. The Balaban J connectivity index is 0.00000676. The van der Waals surface area contributed by atoms with Gasteiger partial charge >= 0.3 is 0 Å². The average Bonchev–Trinajstić information content (AvgIpc) is 2.94. The molecule has 0 aromatic carbocycles. The molecule has 1 heterocycles. The van der Waals surface area contributed by atoms with Crippen LogP contribution in [0.2, 0.25) is 0 Å². The van der Waals surface area contributed by atoms with Gasteiger partial charge in [-0.2, -0.15) is 11.8 Å². The van der Waals surface area contributed by atoms with E-state index in [0.717, 1.165) is 43.5 Å². The second kappa shape index (κ2) is 14.0. The number of guanidine groups is 1. The van der Waals surface area contributed by atoms with Gasteiger partial charge in [-0.3, -0.25) is 4.79 Å². The zero-order valence-corrected chi connectivity index (χ0v) is 20.5. The molecular weight excluding hydrogens is 477 g/mol. The van der Waals surface area contributed by atoms with Gasteiger partial charge in [0, 0.05) is 33.7 Å². The maximum absolute atomic E-state index is 12.4. The molecule has 0 bridgehead atoms. The average molecular weight is 511 g/mol. The lowest BCUT2D eigenvalue weighted by Crippen LogP contribution is -2.46. The SMILES string of the molecule is CCN(CC)C(=O)CN(C)C(=NCc1nnc(C)n1C)NCCCSC.I. The molecule has 1 N–H and O–H groups in total. The van der Waals surface area contributed by atoms with Crippen molar-refractivity contribution in [3.05, 3.63) is 11.6 Å². The normalized spacial score (nSPS) is 11.1. The fourth-order valence-corrected chi connectivity index (χ4v) is 2.85. The zero-order chi connectivity index (χ0) is 19.5. The number of carbonyl (C=O) groups is 1. The molecule has 156 valence electrons. The minimum absolute atomic E-state index is 0. The summed E-state index contributed by atoms with van der Waals surface area (Å²) in [6.07, 6.45) is 3.14. The summed E-state index contributed by atoms with van der Waals surface area (Å²) in [5.74, 6) is 3.56. The van der Waals surface area contributed by atoms with Crippen LogP contribution in [0.5, 0.6) is 0 Å². The summed E-state index contributed by atoms with van der Waals surface area (Å²) in [7, 11) is 3.82. The molecule has 0 spiro atoms. The van der Waals surface area contributed by atoms with Crippen LogP contribution in [0, 0.1) is 6.92 Å². The van der Waals surface area contributed by atoms with Crippen molar-refractivity contribution in [2.45, 2.75) is 33.7 Å². The van der Waals surface area contributed by atoms with Crippen molar-refractivity contribution in [2.75, 3.05) is 45.2 Å². The Morgan fingerprint density at radius 3 is 2.48 bits per heavy atom. The van der Waals surface area contributed by atoms with E-state index < -0.39 is 0 Å². The molecule has 0 fully saturated rings. The topological polar surface area (TPSA) is 78.7 Å². The largest absolute Gasteiger partial charge is 0.356 e. The Labute approximate surface area is 184 Å². The van der Waals surface area contributed by atoms with Gasteiger partial charge in [0.15, 0.2) is 11.8 Å². The van der Waals surface area contributed by atoms with E-state index in [1.165, 1.54) is 0 Å². The van der Waals surface area contributed by atoms with Crippen LogP contribution in [0.4, 0.5) is 0 Å². The van der Waals surface area contributed by atoms with E-state index in [-0.39, 0.29) is 29.9 Å². The number of thioether (sulfide) groups is 1. The Morgan fingerprint density at radius 2 is 1.96 bits per heavy atom. The number of aryl methyl sites for hydroxylation is 1. The van der Waals surface area contributed by atoms with Crippen LogP contribution >= 0.6 is 35.7 Å². The number of amides is 1. The van der Waals surface area contributed by atoms with E-state index in [2.05, 4.69) is 26.8 Å². The standard InChI is InChI=1S/C17H33N7OS.HI/c1-7-24(8-2)16(25)13-22(4)17(18-10-9-11-26-6)19-12-15-21-20-14(3)23(15)5;/h7-13H2,1-6H3,(H,18,19);1H. The summed E-state index contributed by atoms with van der Waals surface area (Å²) >= 11 is 1.82. The highest BCUT2D eigenvalue weighted by atomic mass is 127. The van der Waals surface area contributed by atoms with Crippen LogP contribution < -0.4 is 5.32 Å². The monoisotopic (exact) mass is 511 g/mol. The van der Waals surface area contributed by atoms with Gasteiger partial charge < -0.3 is 19.7 Å². The minimum atomic E-state index is 0. The molecule has 1 amide bonds. The third kappa shape index (κ3) is 8.67. The summed E-state index contributed by atoms with van der Waals surface area (Å²) in [6.45, 7) is 8.88. The van der Waals surface area contributed by atoms with E-state index in [0.29, 0.717) is 19.0 Å². The number of rotatable bonds is 10. The smallest absolute Gasteiger partial charge is 0.242 e. The second-order valence-corrected chi connectivity index (χ2v) is 7.04. The second-order valence-electron chi connectivity index (χ2n) is 6.06. The number of aliphatic imine (C=N–C) groups is 1. The quantitative estimate of drug-likeness (QED) is 0.223. The van der Waals surface area contributed by atoms with Gasteiger partial charge in [0.1, 0.15) is 12.4 Å². The van der Waals surface area contributed by atoms with Crippen molar-refractivity contribution in [2.24, 2.45) is 12.0 Å². The molecule has 10 heteroatoms. The number of likely N-dealkylation sites (N-methyl/N-ethyl adjacent to an activating group) is 2. The lowest BCUT2D eigenvalue weighted by Gasteiger charge is -2.26. The first-order valence-corrected chi connectivity index (χ1v) is 10.4. The lowest BCUT2D eigenvalue weighted by atomic mass is 10.4. The molecule has 0 unspecified atom stereocenters. The maximum Gasteiger partial charge on any atom is 0.242 e. The number of hydrogen-bond acceptors (Lipinski definition) is 5. The van der Waals surface area contributed by atoms with Gasteiger partial charge in [-0.1, -0.05) is 0 Å². The Hall–Kier alpha value is -1.04. The lowest BCUT2D eigenvalue weighted by molar-refractivity contribution is -0.131. The van der Waals surface area contributed by atoms with Crippen molar-refractivity contribution in [1.29, 1.82) is 0 Å². The molecule has 0 aliphatic rings. The van der Waals surface area contributed by atoms with Crippen molar-refractivity contribution in [3.8, 4) is 0 Å². The Morgan fingerprint density at radius 1 is 1.30 bits per heavy atom.